The molecule has 0 bridgehead atoms. The number of aliphatic hydroxyl groups is 1. The molecule has 1 aliphatic heterocycles. The summed E-state index contributed by atoms with van der Waals surface area (Å²) in [5.74, 6) is -0.0740. The van der Waals surface area contributed by atoms with Gasteiger partial charge in [0.25, 0.3) is 5.91 Å². The molecule has 1 aliphatic rings. The maximum absolute atomic E-state index is 12.9. The molecule has 1 aromatic carbocycles. The number of carbonyl (C=O) groups is 2. The Morgan fingerprint density at radius 3 is 2.29 bits per heavy atom. The first-order valence-electron chi connectivity index (χ1n) is 8.92. The molecule has 2 aromatic rings. The lowest BCUT2D eigenvalue weighted by Gasteiger charge is -2.28. The van der Waals surface area contributed by atoms with Gasteiger partial charge in [0, 0.05) is 31.0 Å². The third kappa shape index (κ3) is 4.99. The number of nitrogens with one attached hydrogen (secondary N) is 1. The fourth-order valence-electron chi connectivity index (χ4n) is 3.13. The first kappa shape index (κ1) is 21.7. The number of halogens is 1. The second kappa shape index (κ2) is 10.1. The van der Waals surface area contributed by atoms with E-state index in [-0.39, 0.29) is 18.3 Å². The fraction of sp³-hybridized carbons (Fsp3) is 0.350. The minimum atomic E-state index is -1.16. The van der Waals surface area contributed by atoms with Crippen molar-refractivity contribution in [2.45, 2.75) is 25.0 Å². The summed E-state index contributed by atoms with van der Waals surface area (Å²) >= 11 is 0. The number of pyridine rings is 1. The van der Waals surface area contributed by atoms with Crippen LogP contribution in [0.5, 0.6) is 5.75 Å². The number of carbonyl (C=O) groups excluding carboxylic acids is 2. The van der Waals surface area contributed by atoms with E-state index in [4.69, 9.17) is 4.74 Å². The van der Waals surface area contributed by atoms with Crippen LogP contribution in [-0.2, 0) is 4.79 Å². The SMILES string of the molecule is COc1ccc(C(=O)NC(C(=O)N2CCCC2)[C@@H](O)c2ccncc2)cc1.Cl. The van der Waals surface area contributed by atoms with Gasteiger partial charge in [0.2, 0.25) is 5.91 Å². The number of amides is 2. The third-order valence-electron chi connectivity index (χ3n) is 4.69. The summed E-state index contributed by atoms with van der Waals surface area (Å²) in [6, 6.07) is 8.77. The Balaban J connectivity index is 0.00000280. The van der Waals surface area contributed by atoms with Gasteiger partial charge in [-0.25, -0.2) is 0 Å². The largest absolute Gasteiger partial charge is 0.497 e. The second-order valence-electron chi connectivity index (χ2n) is 6.44. The molecule has 7 nitrogen and oxygen atoms in total. The van der Waals surface area contributed by atoms with Crippen LogP contribution < -0.4 is 10.1 Å². The number of rotatable bonds is 6. The zero-order valence-electron chi connectivity index (χ0n) is 15.6. The number of benzene rings is 1. The predicted octanol–water partition coefficient (Wildman–Crippen LogP) is 1.97. The first-order valence-corrected chi connectivity index (χ1v) is 8.92. The van der Waals surface area contributed by atoms with E-state index in [1.807, 2.05) is 0 Å². The number of aromatic nitrogens is 1. The lowest BCUT2D eigenvalue weighted by Crippen LogP contribution is -2.51. The molecule has 28 heavy (non-hydrogen) atoms. The Kier molecular flexibility index (Phi) is 7.78. The fourth-order valence-corrected chi connectivity index (χ4v) is 3.13. The highest BCUT2D eigenvalue weighted by molar-refractivity contribution is 5.98. The Hall–Kier alpha value is -2.64. The first-order chi connectivity index (χ1) is 13.1. The number of nitrogens with zero attached hydrogens (tertiary/aromatic N) is 2. The Morgan fingerprint density at radius 1 is 1.11 bits per heavy atom. The highest BCUT2D eigenvalue weighted by atomic mass is 35.5. The zero-order valence-corrected chi connectivity index (χ0v) is 16.4. The van der Waals surface area contributed by atoms with Gasteiger partial charge in [0.1, 0.15) is 17.9 Å². The lowest BCUT2D eigenvalue weighted by atomic mass is 10.0. The summed E-state index contributed by atoms with van der Waals surface area (Å²) in [7, 11) is 1.55. The summed E-state index contributed by atoms with van der Waals surface area (Å²) in [5.41, 5.74) is 0.912. The van der Waals surface area contributed by atoms with E-state index in [9.17, 15) is 14.7 Å². The number of hydrogen-bond donors (Lipinski definition) is 2. The molecule has 2 atom stereocenters. The van der Waals surface area contributed by atoms with Crippen LogP contribution in [-0.4, -0.2) is 53.0 Å². The van der Waals surface area contributed by atoms with Crippen molar-refractivity contribution in [3.8, 4) is 5.75 Å². The second-order valence-corrected chi connectivity index (χ2v) is 6.44. The Morgan fingerprint density at radius 2 is 1.71 bits per heavy atom. The molecule has 1 fully saturated rings. The summed E-state index contributed by atoms with van der Waals surface area (Å²) in [5, 5.41) is 13.5. The number of likely N-dealkylation sites (tertiary alicyclic amines) is 1. The van der Waals surface area contributed by atoms with Crippen LogP contribution in [0, 0.1) is 0 Å². The minimum absolute atomic E-state index is 0. The monoisotopic (exact) mass is 405 g/mol. The highest BCUT2D eigenvalue weighted by Gasteiger charge is 2.34. The molecule has 1 saturated heterocycles. The van der Waals surface area contributed by atoms with Crippen molar-refractivity contribution in [2.75, 3.05) is 20.2 Å². The van der Waals surface area contributed by atoms with Gasteiger partial charge in [-0.15, -0.1) is 12.4 Å². The quantitative estimate of drug-likeness (QED) is 0.766. The highest BCUT2D eigenvalue weighted by Crippen LogP contribution is 2.21. The topological polar surface area (TPSA) is 91.8 Å². The van der Waals surface area contributed by atoms with Gasteiger partial charge in [-0.05, 0) is 54.8 Å². The number of methoxy groups -OCH3 is 1. The Labute approximate surface area is 170 Å². The molecule has 0 aliphatic carbocycles. The molecule has 2 heterocycles. The molecule has 2 N–H and O–H groups in total. The number of hydrogen-bond acceptors (Lipinski definition) is 5. The molecular formula is C20H24ClN3O4. The summed E-state index contributed by atoms with van der Waals surface area (Å²) < 4.78 is 5.09. The van der Waals surface area contributed by atoms with Gasteiger partial charge in [-0.1, -0.05) is 0 Å². The van der Waals surface area contributed by atoms with Crippen LogP contribution in [0.15, 0.2) is 48.8 Å². The number of ether oxygens (including phenoxy) is 1. The maximum atomic E-state index is 12.9. The van der Waals surface area contributed by atoms with Crippen molar-refractivity contribution in [3.63, 3.8) is 0 Å². The van der Waals surface area contributed by atoms with E-state index in [1.165, 1.54) is 0 Å². The lowest BCUT2D eigenvalue weighted by molar-refractivity contribution is -0.135. The van der Waals surface area contributed by atoms with E-state index in [2.05, 4.69) is 10.3 Å². The summed E-state index contributed by atoms with van der Waals surface area (Å²) in [4.78, 5) is 31.2. The molecular weight excluding hydrogens is 382 g/mol. The van der Waals surface area contributed by atoms with E-state index in [0.717, 1.165) is 12.8 Å². The van der Waals surface area contributed by atoms with Crippen LogP contribution in [0.25, 0.3) is 0 Å². The van der Waals surface area contributed by atoms with Gasteiger partial charge in [-0.3, -0.25) is 14.6 Å². The van der Waals surface area contributed by atoms with E-state index >= 15 is 0 Å². The van der Waals surface area contributed by atoms with Crippen LogP contribution in [0.3, 0.4) is 0 Å². The standard InChI is InChI=1S/C20H23N3O4.ClH/c1-27-16-6-4-15(5-7-16)19(25)22-17(20(26)23-12-2-3-13-23)18(24)14-8-10-21-11-9-14;/h4-11,17-18,24H,2-3,12-13H2,1H3,(H,22,25);1H/t17?,18-;/m0./s1. The van der Waals surface area contributed by atoms with Crippen molar-refractivity contribution in [1.29, 1.82) is 0 Å². The van der Waals surface area contributed by atoms with Crippen LogP contribution in [0.2, 0.25) is 0 Å². The van der Waals surface area contributed by atoms with Gasteiger partial charge in [0.15, 0.2) is 0 Å². The van der Waals surface area contributed by atoms with Crippen LogP contribution in [0.1, 0.15) is 34.9 Å². The van der Waals surface area contributed by atoms with Crippen molar-refractivity contribution in [2.24, 2.45) is 0 Å². The van der Waals surface area contributed by atoms with Gasteiger partial charge >= 0.3 is 0 Å². The summed E-state index contributed by atoms with van der Waals surface area (Å²) in [6.45, 7) is 1.27. The minimum Gasteiger partial charge on any atom is -0.497 e. The van der Waals surface area contributed by atoms with Crippen molar-refractivity contribution >= 4 is 24.2 Å². The maximum Gasteiger partial charge on any atom is 0.252 e. The molecule has 0 radical (unpaired) electrons. The van der Waals surface area contributed by atoms with E-state index in [0.29, 0.717) is 30.0 Å². The van der Waals surface area contributed by atoms with Gasteiger partial charge in [-0.2, -0.15) is 0 Å². The average Bonchev–Trinajstić information content (AvgIpc) is 3.26. The zero-order chi connectivity index (χ0) is 19.2. The van der Waals surface area contributed by atoms with Gasteiger partial charge < -0.3 is 20.1 Å². The van der Waals surface area contributed by atoms with Crippen molar-refractivity contribution < 1.29 is 19.4 Å². The molecule has 0 saturated carbocycles. The van der Waals surface area contributed by atoms with Crippen LogP contribution >= 0.6 is 12.4 Å². The van der Waals surface area contributed by atoms with E-state index < -0.39 is 18.1 Å². The van der Waals surface area contributed by atoms with E-state index in [1.54, 1.807) is 60.8 Å². The average molecular weight is 406 g/mol. The molecule has 2 amide bonds. The molecule has 0 spiro atoms. The van der Waals surface area contributed by atoms with Crippen LogP contribution in [0.4, 0.5) is 0 Å². The molecule has 1 unspecified atom stereocenters. The van der Waals surface area contributed by atoms with Gasteiger partial charge in [0.05, 0.1) is 7.11 Å². The smallest absolute Gasteiger partial charge is 0.252 e. The molecule has 3 rings (SSSR count). The molecule has 1 aromatic heterocycles. The van der Waals surface area contributed by atoms with Crippen molar-refractivity contribution in [1.82, 2.24) is 15.2 Å². The number of aliphatic hydroxyl groups excluding tert-OH is 1. The third-order valence-corrected chi connectivity index (χ3v) is 4.69. The predicted molar refractivity (Wildman–Crippen MR) is 107 cm³/mol. The normalized spacial score (nSPS) is 15.3. The van der Waals surface area contributed by atoms with Crippen molar-refractivity contribution in [3.05, 3.63) is 59.9 Å². The molecule has 150 valence electrons. The summed E-state index contributed by atoms with van der Waals surface area (Å²) in [6.07, 6.45) is 3.78. The Bertz CT molecular complexity index is 780. The molecule has 8 heteroatoms.